The van der Waals surface area contributed by atoms with E-state index in [0.717, 1.165) is 18.0 Å². The van der Waals surface area contributed by atoms with Crippen molar-refractivity contribution in [3.63, 3.8) is 0 Å². The second-order valence-corrected chi connectivity index (χ2v) is 5.15. The Morgan fingerprint density at radius 3 is 3.00 bits per heavy atom. The molecule has 0 bridgehead atoms. The van der Waals surface area contributed by atoms with Gasteiger partial charge in [-0.3, -0.25) is 0 Å². The lowest BCUT2D eigenvalue weighted by Crippen LogP contribution is -2.08. The first-order chi connectivity index (χ1) is 9.34. The maximum absolute atomic E-state index is 11.4. The second-order valence-electron chi connectivity index (χ2n) is 5.15. The van der Waals surface area contributed by atoms with Gasteiger partial charge in [0.05, 0.1) is 24.8 Å². The second kappa shape index (κ2) is 7.77. The van der Waals surface area contributed by atoms with E-state index < -0.39 is 0 Å². The highest BCUT2D eigenvalue weighted by molar-refractivity contribution is 5.86. The summed E-state index contributed by atoms with van der Waals surface area (Å²) < 4.78 is 5.17. The van der Waals surface area contributed by atoms with Gasteiger partial charge in [-0.1, -0.05) is 32.1 Å². The molecule has 104 valence electrons. The molecule has 1 aromatic rings. The molecule has 1 aliphatic rings. The maximum atomic E-state index is 11.4. The smallest absolute Gasteiger partial charge is 0.330 e. The fraction of sp³-hybridized carbons (Fsp3) is 0.600. The number of nitrogens with one attached hydrogen (secondary N) is 1. The largest absolute Gasteiger partial charge is 0.463 e. The number of imidazole rings is 1. The van der Waals surface area contributed by atoms with Gasteiger partial charge in [-0.15, -0.1) is 0 Å². The lowest BCUT2D eigenvalue weighted by Gasteiger charge is -2.20. The van der Waals surface area contributed by atoms with Crippen molar-refractivity contribution in [2.45, 2.75) is 44.9 Å². The predicted molar refractivity (Wildman–Crippen MR) is 74.4 cm³/mol. The number of hydrogen-bond donors (Lipinski definition) is 1. The molecule has 0 spiro atoms. The Labute approximate surface area is 114 Å². The first kappa shape index (κ1) is 13.8. The lowest BCUT2D eigenvalue weighted by molar-refractivity contribution is -0.137. The summed E-state index contributed by atoms with van der Waals surface area (Å²) >= 11 is 0. The summed E-state index contributed by atoms with van der Waals surface area (Å²) in [4.78, 5) is 18.2. The minimum Gasteiger partial charge on any atom is -0.463 e. The zero-order valence-corrected chi connectivity index (χ0v) is 11.3. The summed E-state index contributed by atoms with van der Waals surface area (Å²) in [5.74, 6) is 0.575. The van der Waals surface area contributed by atoms with Crippen molar-refractivity contribution < 1.29 is 9.53 Å². The molecular formula is C15H22N2O2. The lowest BCUT2D eigenvalue weighted by atomic mass is 9.86. The Hall–Kier alpha value is -1.58. The van der Waals surface area contributed by atoms with Gasteiger partial charge in [-0.05, 0) is 24.8 Å². The van der Waals surface area contributed by atoms with E-state index in [1.807, 2.05) is 0 Å². The Morgan fingerprint density at radius 1 is 1.42 bits per heavy atom. The van der Waals surface area contributed by atoms with Crippen molar-refractivity contribution in [1.29, 1.82) is 0 Å². The van der Waals surface area contributed by atoms with Gasteiger partial charge in [0.2, 0.25) is 0 Å². The predicted octanol–water partition coefficient (Wildman–Crippen LogP) is 3.33. The average molecular weight is 262 g/mol. The quantitative estimate of drug-likeness (QED) is 0.486. The first-order valence-electron chi connectivity index (χ1n) is 7.18. The van der Waals surface area contributed by atoms with E-state index in [1.165, 1.54) is 44.6 Å². The zero-order chi connectivity index (χ0) is 13.3. The summed E-state index contributed by atoms with van der Waals surface area (Å²) in [7, 11) is 0. The topological polar surface area (TPSA) is 55.0 Å². The average Bonchev–Trinajstić information content (AvgIpc) is 2.96. The van der Waals surface area contributed by atoms with E-state index in [-0.39, 0.29) is 5.97 Å². The number of esters is 1. The summed E-state index contributed by atoms with van der Waals surface area (Å²) in [6.45, 7) is 0.530. The monoisotopic (exact) mass is 262 g/mol. The van der Waals surface area contributed by atoms with Crippen molar-refractivity contribution in [3.05, 3.63) is 24.3 Å². The van der Waals surface area contributed by atoms with Crippen LogP contribution in [0.5, 0.6) is 0 Å². The molecule has 2 rings (SSSR count). The minimum atomic E-state index is -0.279. The summed E-state index contributed by atoms with van der Waals surface area (Å²) in [6.07, 6.45) is 15.4. The molecule has 1 N–H and O–H groups in total. The van der Waals surface area contributed by atoms with Crippen molar-refractivity contribution in [2.24, 2.45) is 5.92 Å². The summed E-state index contributed by atoms with van der Waals surface area (Å²) in [5, 5.41) is 0. The van der Waals surface area contributed by atoms with Gasteiger partial charge in [-0.2, -0.15) is 0 Å². The van der Waals surface area contributed by atoms with Gasteiger partial charge in [0.25, 0.3) is 0 Å². The molecule has 0 aromatic carbocycles. The molecular weight excluding hydrogens is 240 g/mol. The first-order valence-corrected chi connectivity index (χ1v) is 7.18. The number of carbonyl (C=O) groups is 1. The highest BCUT2D eigenvalue weighted by Gasteiger charge is 2.12. The van der Waals surface area contributed by atoms with Crippen LogP contribution in [-0.4, -0.2) is 22.5 Å². The van der Waals surface area contributed by atoms with Crippen LogP contribution in [0.2, 0.25) is 0 Å². The molecule has 1 aliphatic carbocycles. The minimum absolute atomic E-state index is 0.279. The van der Waals surface area contributed by atoms with E-state index in [2.05, 4.69) is 9.97 Å². The Balaban J connectivity index is 1.56. The van der Waals surface area contributed by atoms with Crippen LogP contribution in [0, 0.1) is 5.92 Å². The highest BCUT2D eigenvalue weighted by atomic mass is 16.5. The number of nitrogens with zero attached hydrogens (tertiary/aromatic N) is 1. The maximum Gasteiger partial charge on any atom is 0.330 e. The van der Waals surface area contributed by atoms with E-state index in [4.69, 9.17) is 4.74 Å². The molecule has 19 heavy (non-hydrogen) atoms. The molecule has 1 heterocycles. The number of hydrogen-bond acceptors (Lipinski definition) is 3. The van der Waals surface area contributed by atoms with Gasteiger partial charge < -0.3 is 9.72 Å². The zero-order valence-electron chi connectivity index (χ0n) is 11.3. The van der Waals surface area contributed by atoms with Crippen molar-refractivity contribution in [1.82, 2.24) is 9.97 Å². The third-order valence-corrected chi connectivity index (χ3v) is 3.64. The molecule has 0 aliphatic heterocycles. The van der Waals surface area contributed by atoms with Crippen LogP contribution in [-0.2, 0) is 9.53 Å². The Bertz CT molecular complexity index is 392. The molecule has 0 radical (unpaired) electrons. The van der Waals surface area contributed by atoms with Crippen molar-refractivity contribution in [3.8, 4) is 0 Å². The van der Waals surface area contributed by atoms with E-state index in [0.29, 0.717) is 6.61 Å². The molecule has 1 aromatic heterocycles. The summed E-state index contributed by atoms with van der Waals surface area (Å²) in [6, 6.07) is 0. The number of aromatic nitrogens is 2. The van der Waals surface area contributed by atoms with Crippen LogP contribution in [0.3, 0.4) is 0 Å². The normalized spacial score (nSPS) is 16.8. The molecule has 0 unspecified atom stereocenters. The third-order valence-electron chi connectivity index (χ3n) is 3.64. The van der Waals surface area contributed by atoms with E-state index >= 15 is 0 Å². The highest BCUT2D eigenvalue weighted by Crippen LogP contribution is 2.27. The van der Waals surface area contributed by atoms with Gasteiger partial charge in [0, 0.05) is 6.08 Å². The number of H-pyrrole nitrogens is 1. The molecule has 0 atom stereocenters. The number of rotatable bonds is 6. The number of ether oxygens (including phenoxy) is 1. The van der Waals surface area contributed by atoms with Crippen molar-refractivity contribution in [2.75, 3.05) is 6.61 Å². The fourth-order valence-corrected chi connectivity index (χ4v) is 2.58. The van der Waals surface area contributed by atoms with Crippen LogP contribution < -0.4 is 0 Å². The Kier molecular flexibility index (Phi) is 5.66. The van der Waals surface area contributed by atoms with Gasteiger partial charge in [0.15, 0.2) is 0 Å². The Morgan fingerprint density at radius 2 is 2.26 bits per heavy atom. The third kappa shape index (κ3) is 5.28. The molecule has 1 fully saturated rings. The van der Waals surface area contributed by atoms with Crippen LogP contribution in [0.4, 0.5) is 0 Å². The van der Waals surface area contributed by atoms with Gasteiger partial charge in [-0.25, -0.2) is 9.78 Å². The number of aromatic amines is 1. The van der Waals surface area contributed by atoms with Crippen LogP contribution in [0.25, 0.3) is 6.08 Å². The molecule has 4 nitrogen and oxygen atoms in total. The van der Waals surface area contributed by atoms with Crippen LogP contribution in [0.15, 0.2) is 18.6 Å². The molecule has 0 amide bonds. The van der Waals surface area contributed by atoms with Crippen LogP contribution in [0.1, 0.15) is 50.6 Å². The van der Waals surface area contributed by atoms with Gasteiger partial charge >= 0.3 is 5.97 Å². The number of carbonyl (C=O) groups excluding carboxylic acids is 1. The molecule has 1 saturated carbocycles. The van der Waals surface area contributed by atoms with E-state index in [9.17, 15) is 4.79 Å². The fourth-order valence-electron chi connectivity index (χ4n) is 2.58. The van der Waals surface area contributed by atoms with E-state index in [1.54, 1.807) is 18.6 Å². The summed E-state index contributed by atoms with van der Waals surface area (Å²) in [5.41, 5.74) is 0.805. The van der Waals surface area contributed by atoms with Gasteiger partial charge in [0.1, 0.15) is 0 Å². The SMILES string of the molecule is O=C(/C=C/c1cnc[nH]1)OCCCC1CCCCC1. The molecule has 0 saturated heterocycles. The standard InChI is InChI=1S/C15H22N2O2/c18-15(9-8-14-11-16-12-17-14)19-10-4-7-13-5-2-1-3-6-13/h8-9,11-13H,1-7,10H2,(H,16,17)/b9-8+. The molecule has 4 heteroatoms. The van der Waals surface area contributed by atoms with Crippen molar-refractivity contribution >= 4 is 12.0 Å². The van der Waals surface area contributed by atoms with Crippen LogP contribution >= 0.6 is 0 Å².